The molecule has 0 saturated heterocycles. The molecule has 1 saturated carbocycles. The Hall–Kier alpha value is -4.44. The van der Waals surface area contributed by atoms with E-state index in [0.29, 0.717) is 22.7 Å². The third-order valence-electron chi connectivity index (χ3n) is 6.89. The van der Waals surface area contributed by atoms with Gasteiger partial charge in [-0.25, -0.2) is 9.97 Å². The van der Waals surface area contributed by atoms with Crippen molar-refractivity contribution in [3.8, 4) is 33.9 Å². The van der Waals surface area contributed by atoms with Gasteiger partial charge in [0.2, 0.25) is 5.91 Å². The number of pyridine rings is 3. The number of imidazole rings is 1. The molecule has 6 heterocycles. The lowest BCUT2D eigenvalue weighted by Crippen LogP contribution is -2.20. The average molecular weight is 507 g/mol. The fourth-order valence-corrected chi connectivity index (χ4v) is 5.64. The summed E-state index contributed by atoms with van der Waals surface area (Å²) in [6.45, 7) is 0. The number of aromatic amines is 2. The predicted octanol–water partition coefficient (Wildman–Crippen LogP) is 5.82. The molecule has 0 aliphatic heterocycles. The van der Waals surface area contributed by atoms with Gasteiger partial charge in [-0.05, 0) is 53.4 Å². The molecule has 3 N–H and O–H groups in total. The lowest BCUT2D eigenvalue weighted by atomic mass is 10.1. The van der Waals surface area contributed by atoms with Gasteiger partial charge in [0.05, 0.1) is 34.8 Å². The lowest BCUT2D eigenvalue weighted by molar-refractivity contribution is -0.119. The average Bonchev–Trinajstić information content (AvgIpc) is 3.74. The Morgan fingerprint density at radius 1 is 0.946 bits per heavy atom. The van der Waals surface area contributed by atoms with Crippen molar-refractivity contribution in [3.63, 3.8) is 0 Å². The summed E-state index contributed by atoms with van der Waals surface area (Å²) in [7, 11) is 0. The molecule has 1 amide bonds. The van der Waals surface area contributed by atoms with Gasteiger partial charge >= 0.3 is 0 Å². The maximum absolute atomic E-state index is 12.6. The number of fused-ring (bicyclic) bond motifs is 2. The first-order chi connectivity index (χ1) is 18.2. The first kappa shape index (κ1) is 21.8. The normalized spacial score (nSPS) is 14.1. The van der Waals surface area contributed by atoms with Crippen LogP contribution in [-0.2, 0) is 4.79 Å². The van der Waals surface area contributed by atoms with Crippen LogP contribution >= 0.6 is 11.3 Å². The van der Waals surface area contributed by atoms with Crippen LogP contribution in [0.3, 0.4) is 0 Å². The summed E-state index contributed by atoms with van der Waals surface area (Å²) in [5, 5.41) is 14.7. The number of hydrogen-bond donors (Lipinski definition) is 3. The predicted molar refractivity (Wildman–Crippen MR) is 144 cm³/mol. The van der Waals surface area contributed by atoms with E-state index in [9.17, 15) is 4.79 Å². The number of carbonyl (C=O) groups excluding carboxylic acids is 1. The molecule has 0 radical (unpaired) electrons. The molecule has 10 heteroatoms. The summed E-state index contributed by atoms with van der Waals surface area (Å²) in [5.41, 5.74) is 8.07. The highest BCUT2D eigenvalue weighted by atomic mass is 32.1. The van der Waals surface area contributed by atoms with Gasteiger partial charge in [-0.3, -0.25) is 19.9 Å². The van der Waals surface area contributed by atoms with E-state index in [1.807, 2.05) is 29.8 Å². The second kappa shape index (κ2) is 8.90. The third-order valence-corrected chi connectivity index (χ3v) is 7.57. The molecule has 0 bridgehead atoms. The number of nitrogens with zero attached hydrogens (tertiary/aromatic N) is 5. The van der Waals surface area contributed by atoms with Crippen LogP contribution in [0, 0.1) is 5.92 Å². The SMILES string of the molecule is O=C(Nc1cncc(-c2ccc3[nH]nc(-c4nc5c(-c6ccsc6)cncc5[nH]4)c3n2)c1)C1CCCC1. The highest BCUT2D eigenvalue weighted by Gasteiger charge is 2.23. The summed E-state index contributed by atoms with van der Waals surface area (Å²) in [6.07, 6.45) is 11.2. The molecule has 0 unspecified atom stereocenters. The fourth-order valence-electron chi connectivity index (χ4n) is 4.98. The van der Waals surface area contributed by atoms with E-state index in [2.05, 4.69) is 41.9 Å². The number of aromatic nitrogens is 7. The van der Waals surface area contributed by atoms with E-state index >= 15 is 0 Å². The van der Waals surface area contributed by atoms with E-state index in [-0.39, 0.29) is 11.8 Å². The standard InChI is InChI=1S/C27H22N8OS/c36-27(15-3-1-2-4-15)30-18-9-17(10-28-11-18)20-5-6-21-24(31-20)25(35-34-21)26-32-22-13-29-12-19(23(22)33-26)16-7-8-37-14-16/h5-15H,1-4H2,(H,30,36)(H,32,33)(H,34,35). The van der Waals surface area contributed by atoms with Gasteiger partial charge < -0.3 is 10.3 Å². The lowest BCUT2D eigenvalue weighted by Gasteiger charge is -2.11. The maximum Gasteiger partial charge on any atom is 0.227 e. The van der Waals surface area contributed by atoms with Crippen LogP contribution in [0.2, 0.25) is 0 Å². The molecule has 1 aliphatic rings. The van der Waals surface area contributed by atoms with Crippen LogP contribution in [-0.4, -0.2) is 41.0 Å². The maximum atomic E-state index is 12.6. The minimum absolute atomic E-state index is 0.0678. The molecular weight excluding hydrogens is 484 g/mol. The summed E-state index contributed by atoms with van der Waals surface area (Å²) >= 11 is 1.64. The summed E-state index contributed by atoms with van der Waals surface area (Å²) in [6, 6.07) is 7.83. The van der Waals surface area contributed by atoms with Crippen LogP contribution < -0.4 is 5.32 Å². The smallest absolute Gasteiger partial charge is 0.227 e. The number of carbonyl (C=O) groups is 1. The van der Waals surface area contributed by atoms with Gasteiger partial charge in [0, 0.05) is 29.4 Å². The number of amides is 1. The zero-order valence-electron chi connectivity index (χ0n) is 19.7. The summed E-state index contributed by atoms with van der Waals surface area (Å²) in [5.74, 6) is 0.773. The van der Waals surface area contributed by atoms with Crippen molar-refractivity contribution in [2.75, 3.05) is 5.32 Å². The molecule has 6 aromatic heterocycles. The van der Waals surface area contributed by atoms with Gasteiger partial charge in [-0.15, -0.1) is 0 Å². The molecule has 0 aromatic carbocycles. The van der Waals surface area contributed by atoms with Crippen LogP contribution in [0.1, 0.15) is 25.7 Å². The molecular formula is C27H22N8OS. The van der Waals surface area contributed by atoms with Crippen LogP contribution in [0.5, 0.6) is 0 Å². The van der Waals surface area contributed by atoms with Gasteiger partial charge in [-0.1, -0.05) is 12.8 Å². The van der Waals surface area contributed by atoms with E-state index in [0.717, 1.165) is 64.6 Å². The Balaban J connectivity index is 1.25. The van der Waals surface area contributed by atoms with Gasteiger partial charge in [0.15, 0.2) is 11.5 Å². The molecule has 37 heavy (non-hydrogen) atoms. The number of hydrogen-bond acceptors (Lipinski definition) is 7. The van der Waals surface area contributed by atoms with Crippen LogP contribution in [0.4, 0.5) is 5.69 Å². The Morgan fingerprint density at radius 2 is 1.84 bits per heavy atom. The van der Waals surface area contributed by atoms with E-state index in [1.54, 1.807) is 29.9 Å². The zero-order chi connectivity index (χ0) is 24.8. The Morgan fingerprint density at radius 3 is 2.70 bits per heavy atom. The van der Waals surface area contributed by atoms with Crippen molar-refractivity contribution in [1.29, 1.82) is 0 Å². The molecule has 6 aromatic rings. The molecule has 1 aliphatic carbocycles. The second-order valence-corrected chi connectivity index (χ2v) is 10.1. The van der Waals surface area contributed by atoms with Crippen molar-refractivity contribution in [2.24, 2.45) is 5.92 Å². The fraction of sp³-hybridized carbons (Fsp3) is 0.185. The topological polar surface area (TPSA) is 125 Å². The third kappa shape index (κ3) is 3.95. The van der Waals surface area contributed by atoms with Crippen molar-refractivity contribution >= 4 is 45.0 Å². The van der Waals surface area contributed by atoms with Gasteiger partial charge in [0.25, 0.3) is 0 Å². The second-order valence-electron chi connectivity index (χ2n) is 9.28. The Labute approximate surface area is 215 Å². The minimum Gasteiger partial charge on any atom is -0.335 e. The van der Waals surface area contributed by atoms with E-state index < -0.39 is 0 Å². The molecule has 0 spiro atoms. The molecule has 1 fully saturated rings. The number of thiophene rings is 1. The van der Waals surface area contributed by atoms with Crippen molar-refractivity contribution in [3.05, 3.63) is 59.8 Å². The molecule has 0 atom stereocenters. The first-order valence-electron chi connectivity index (χ1n) is 12.2. The van der Waals surface area contributed by atoms with Crippen LogP contribution in [0.15, 0.2) is 59.8 Å². The van der Waals surface area contributed by atoms with Gasteiger partial charge in [-0.2, -0.15) is 16.4 Å². The van der Waals surface area contributed by atoms with Crippen LogP contribution in [0.25, 0.3) is 56.0 Å². The molecule has 9 nitrogen and oxygen atoms in total. The minimum atomic E-state index is 0.0678. The van der Waals surface area contributed by atoms with E-state index in [1.165, 1.54) is 0 Å². The Bertz CT molecular complexity index is 1750. The quantitative estimate of drug-likeness (QED) is 0.271. The number of rotatable bonds is 5. The summed E-state index contributed by atoms with van der Waals surface area (Å²) < 4.78 is 0. The zero-order valence-corrected chi connectivity index (χ0v) is 20.5. The van der Waals surface area contributed by atoms with Crippen molar-refractivity contribution in [2.45, 2.75) is 25.7 Å². The van der Waals surface area contributed by atoms with Gasteiger partial charge in [0.1, 0.15) is 11.0 Å². The number of H-pyrrole nitrogens is 2. The van der Waals surface area contributed by atoms with E-state index in [4.69, 9.17) is 9.97 Å². The highest BCUT2D eigenvalue weighted by molar-refractivity contribution is 7.08. The monoisotopic (exact) mass is 506 g/mol. The first-order valence-corrected chi connectivity index (χ1v) is 13.2. The molecule has 182 valence electrons. The van der Waals surface area contributed by atoms with Crippen molar-refractivity contribution in [1.82, 2.24) is 35.1 Å². The summed E-state index contributed by atoms with van der Waals surface area (Å²) in [4.78, 5) is 34.5. The highest BCUT2D eigenvalue weighted by Crippen LogP contribution is 2.32. The number of nitrogens with one attached hydrogen (secondary N) is 3. The number of anilines is 1. The largest absolute Gasteiger partial charge is 0.335 e. The van der Waals surface area contributed by atoms with Crippen molar-refractivity contribution < 1.29 is 4.79 Å². The Kier molecular flexibility index (Phi) is 5.24. The molecule has 7 rings (SSSR count).